The van der Waals surface area contributed by atoms with Crippen molar-refractivity contribution >= 4 is 11.9 Å². The largest absolute Gasteiger partial charge is 0.480 e. The summed E-state index contributed by atoms with van der Waals surface area (Å²) in [4.78, 5) is 23.1. The Kier molecular flexibility index (Phi) is 6.24. The second kappa shape index (κ2) is 7.45. The van der Waals surface area contributed by atoms with Gasteiger partial charge in [-0.05, 0) is 18.8 Å². The first-order valence-corrected chi connectivity index (χ1v) is 6.86. The molecule has 110 valence electrons. The topological polar surface area (TPSA) is 102 Å². The summed E-state index contributed by atoms with van der Waals surface area (Å²) in [6.45, 7) is 4.48. The first kappa shape index (κ1) is 15.9. The van der Waals surface area contributed by atoms with Crippen molar-refractivity contribution in [2.45, 2.75) is 57.7 Å². The van der Waals surface area contributed by atoms with Gasteiger partial charge in [0.25, 0.3) is 0 Å². The van der Waals surface area contributed by atoms with Crippen LogP contribution in [0.5, 0.6) is 0 Å². The SMILES string of the molecule is CCC(C)[C@H](N)C(=O)N[C@@H](C[C@@H]1CCCO1)C(=O)O. The molecule has 19 heavy (non-hydrogen) atoms. The fourth-order valence-electron chi connectivity index (χ4n) is 2.09. The Labute approximate surface area is 113 Å². The molecule has 4 N–H and O–H groups in total. The lowest BCUT2D eigenvalue weighted by atomic mass is 9.98. The summed E-state index contributed by atoms with van der Waals surface area (Å²) < 4.78 is 5.40. The molecule has 1 rings (SSSR count). The first-order valence-electron chi connectivity index (χ1n) is 6.86. The minimum Gasteiger partial charge on any atom is -0.480 e. The number of hydrogen-bond donors (Lipinski definition) is 3. The van der Waals surface area contributed by atoms with Crippen LogP contribution >= 0.6 is 0 Å². The number of nitrogens with one attached hydrogen (secondary N) is 1. The van der Waals surface area contributed by atoms with Crippen LogP contribution in [0.15, 0.2) is 0 Å². The van der Waals surface area contributed by atoms with Gasteiger partial charge in [0.1, 0.15) is 6.04 Å². The van der Waals surface area contributed by atoms with Crippen LogP contribution in [0.25, 0.3) is 0 Å². The minimum absolute atomic E-state index is 0.0252. The molecule has 1 heterocycles. The Morgan fingerprint density at radius 1 is 1.53 bits per heavy atom. The van der Waals surface area contributed by atoms with Crippen LogP contribution in [0.4, 0.5) is 0 Å². The molecule has 0 radical (unpaired) electrons. The van der Waals surface area contributed by atoms with Crippen LogP contribution < -0.4 is 11.1 Å². The normalized spacial score (nSPS) is 23.6. The molecule has 0 bridgehead atoms. The zero-order valence-electron chi connectivity index (χ0n) is 11.6. The zero-order valence-corrected chi connectivity index (χ0v) is 11.6. The van der Waals surface area contributed by atoms with E-state index in [1.807, 2.05) is 13.8 Å². The molecule has 1 aliphatic rings. The molecule has 1 fully saturated rings. The van der Waals surface area contributed by atoms with Crippen molar-refractivity contribution in [2.24, 2.45) is 11.7 Å². The van der Waals surface area contributed by atoms with Gasteiger partial charge in [0.05, 0.1) is 12.1 Å². The van der Waals surface area contributed by atoms with E-state index >= 15 is 0 Å². The van der Waals surface area contributed by atoms with Crippen molar-refractivity contribution in [3.8, 4) is 0 Å². The van der Waals surface area contributed by atoms with Crippen molar-refractivity contribution < 1.29 is 19.4 Å². The monoisotopic (exact) mass is 272 g/mol. The summed E-state index contributed by atoms with van der Waals surface area (Å²) in [5.41, 5.74) is 5.79. The van der Waals surface area contributed by atoms with E-state index in [0.29, 0.717) is 13.0 Å². The Bertz CT molecular complexity index is 316. The van der Waals surface area contributed by atoms with Gasteiger partial charge in [-0.15, -0.1) is 0 Å². The van der Waals surface area contributed by atoms with Crippen LogP contribution in [0.2, 0.25) is 0 Å². The highest BCUT2D eigenvalue weighted by Crippen LogP contribution is 2.17. The van der Waals surface area contributed by atoms with Crippen molar-refractivity contribution in [2.75, 3.05) is 6.61 Å². The van der Waals surface area contributed by atoms with E-state index in [1.54, 1.807) is 0 Å². The van der Waals surface area contributed by atoms with E-state index in [2.05, 4.69) is 5.32 Å². The summed E-state index contributed by atoms with van der Waals surface area (Å²) in [6, 6.07) is -1.60. The second-order valence-corrected chi connectivity index (χ2v) is 5.18. The third-order valence-electron chi connectivity index (χ3n) is 3.70. The number of carbonyl (C=O) groups excluding carboxylic acids is 1. The van der Waals surface area contributed by atoms with E-state index in [-0.39, 0.29) is 12.0 Å². The molecule has 1 unspecified atom stereocenters. The maximum atomic E-state index is 11.9. The second-order valence-electron chi connectivity index (χ2n) is 5.18. The van der Waals surface area contributed by atoms with Crippen LogP contribution in [0, 0.1) is 5.92 Å². The average molecular weight is 272 g/mol. The summed E-state index contributed by atoms with van der Waals surface area (Å²) >= 11 is 0. The lowest BCUT2D eigenvalue weighted by Crippen LogP contribution is -2.51. The summed E-state index contributed by atoms with van der Waals surface area (Å²) in [5.74, 6) is -1.42. The maximum absolute atomic E-state index is 11.9. The van der Waals surface area contributed by atoms with Crippen LogP contribution in [0.3, 0.4) is 0 Å². The van der Waals surface area contributed by atoms with Gasteiger partial charge in [0.15, 0.2) is 0 Å². The minimum atomic E-state index is -1.04. The number of carbonyl (C=O) groups is 2. The first-order chi connectivity index (χ1) is 8.95. The Balaban J connectivity index is 2.52. The fourth-order valence-corrected chi connectivity index (χ4v) is 2.09. The van der Waals surface area contributed by atoms with Gasteiger partial charge >= 0.3 is 5.97 Å². The number of hydrogen-bond acceptors (Lipinski definition) is 4. The number of nitrogens with two attached hydrogens (primary N) is 1. The van der Waals surface area contributed by atoms with E-state index < -0.39 is 24.0 Å². The highest BCUT2D eigenvalue weighted by Gasteiger charge is 2.29. The standard InChI is InChI=1S/C13H24N2O4/c1-3-8(2)11(14)12(16)15-10(13(17)18)7-9-5-4-6-19-9/h8-11H,3-7,14H2,1-2H3,(H,15,16)(H,17,18)/t8?,9-,10-,11-/m0/s1. The molecule has 0 spiro atoms. The number of carboxylic acids is 1. The third-order valence-corrected chi connectivity index (χ3v) is 3.70. The van der Waals surface area contributed by atoms with Crippen molar-refractivity contribution in [3.63, 3.8) is 0 Å². The molecule has 0 saturated carbocycles. The molecule has 6 nitrogen and oxygen atoms in total. The Morgan fingerprint density at radius 2 is 2.21 bits per heavy atom. The number of rotatable bonds is 7. The van der Waals surface area contributed by atoms with E-state index in [0.717, 1.165) is 19.3 Å². The lowest BCUT2D eigenvalue weighted by molar-refractivity contribution is -0.143. The third kappa shape index (κ3) is 4.80. The zero-order chi connectivity index (χ0) is 14.4. The molecule has 0 aromatic rings. The molecule has 0 aliphatic carbocycles. The highest BCUT2D eigenvalue weighted by atomic mass is 16.5. The van der Waals surface area contributed by atoms with E-state index in [4.69, 9.17) is 15.6 Å². The lowest BCUT2D eigenvalue weighted by Gasteiger charge is -2.22. The smallest absolute Gasteiger partial charge is 0.326 e. The van der Waals surface area contributed by atoms with Crippen LogP contribution in [-0.4, -0.2) is 41.8 Å². The molecule has 1 aliphatic heterocycles. The number of aliphatic carboxylic acids is 1. The summed E-state index contributed by atoms with van der Waals surface area (Å²) in [6.07, 6.45) is 2.78. The van der Waals surface area contributed by atoms with Crippen molar-refractivity contribution in [3.05, 3.63) is 0 Å². The van der Waals surface area contributed by atoms with E-state index in [9.17, 15) is 9.59 Å². The quantitative estimate of drug-likeness (QED) is 0.626. The molecule has 1 amide bonds. The van der Waals surface area contributed by atoms with Gasteiger partial charge in [0, 0.05) is 13.0 Å². The summed E-state index contributed by atoms with van der Waals surface area (Å²) in [7, 11) is 0. The molecular weight excluding hydrogens is 248 g/mol. The number of ether oxygens (including phenoxy) is 1. The molecule has 6 heteroatoms. The molecular formula is C13H24N2O4. The Hall–Kier alpha value is -1.14. The molecule has 1 saturated heterocycles. The van der Waals surface area contributed by atoms with Gasteiger partial charge in [-0.25, -0.2) is 4.79 Å². The fraction of sp³-hybridized carbons (Fsp3) is 0.846. The predicted molar refractivity (Wildman–Crippen MR) is 70.6 cm³/mol. The van der Waals surface area contributed by atoms with Gasteiger partial charge in [0.2, 0.25) is 5.91 Å². The molecule has 0 aromatic carbocycles. The molecule has 0 aromatic heterocycles. The van der Waals surface area contributed by atoms with Crippen molar-refractivity contribution in [1.29, 1.82) is 0 Å². The highest BCUT2D eigenvalue weighted by molar-refractivity contribution is 5.86. The van der Waals surface area contributed by atoms with Crippen molar-refractivity contribution in [1.82, 2.24) is 5.32 Å². The number of amides is 1. The van der Waals surface area contributed by atoms with Gasteiger partial charge in [-0.3, -0.25) is 4.79 Å². The van der Waals surface area contributed by atoms with Gasteiger partial charge in [-0.2, -0.15) is 0 Å². The average Bonchev–Trinajstić information content (AvgIpc) is 2.88. The molecule has 4 atom stereocenters. The van der Waals surface area contributed by atoms with Gasteiger partial charge < -0.3 is 20.9 Å². The Morgan fingerprint density at radius 3 is 2.68 bits per heavy atom. The van der Waals surface area contributed by atoms with E-state index in [1.165, 1.54) is 0 Å². The predicted octanol–water partition coefficient (Wildman–Crippen LogP) is 0.498. The number of carboxylic acid groups (broad SMARTS) is 1. The van der Waals surface area contributed by atoms with Gasteiger partial charge in [-0.1, -0.05) is 20.3 Å². The van der Waals surface area contributed by atoms with Crippen LogP contribution in [-0.2, 0) is 14.3 Å². The van der Waals surface area contributed by atoms with Crippen LogP contribution in [0.1, 0.15) is 39.5 Å². The maximum Gasteiger partial charge on any atom is 0.326 e. The summed E-state index contributed by atoms with van der Waals surface area (Å²) in [5, 5.41) is 11.7.